The molecule has 124 valence electrons. The third-order valence-corrected chi connectivity index (χ3v) is 5.09. The Balaban J connectivity index is 1.52. The van der Waals surface area contributed by atoms with E-state index in [1.165, 1.54) is 24.6 Å². The normalized spacial score (nSPS) is 14.5. The highest BCUT2D eigenvalue weighted by Gasteiger charge is 2.20. The van der Waals surface area contributed by atoms with Crippen molar-refractivity contribution in [1.82, 2.24) is 15.2 Å². The van der Waals surface area contributed by atoms with Gasteiger partial charge in [-0.3, -0.25) is 9.89 Å². The summed E-state index contributed by atoms with van der Waals surface area (Å²) in [6, 6.07) is 6.77. The van der Waals surface area contributed by atoms with Crippen LogP contribution < -0.4 is 5.32 Å². The molecule has 1 amide bonds. The van der Waals surface area contributed by atoms with E-state index in [0.29, 0.717) is 27.3 Å². The molecule has 0 saturated heterocycles. The predicted molar refractivity (Wildman–Crippen MR) is 93.1 cm³/mol. The molecule has 6 nitrogen and oxygen atoms in total. The lowest BCUT2D eigenvalue weighted by molar-refractivity contribution is -0.113. The van der Waals surface area contributed by atoms with Gasteiger partial charge < -0.3 is 5.32 Å². The number of amides is 1. The Hall–Kier alpha value is -2.04. The average molecular weight is 362 g/mol. The topological polar surface area (TPSA) is 94.5 Å². The smallest absolute Gasteiger partial charge is 0.234 e. The van der Waals surface area contributed by atoms with Gasteiger partial charge in [0.2, 0.25) is 11.1 Å². The number of nitriles is 1. The van der Waals surface area contributed by atoms with E-state index in [2.05, 4.69) is 20.5 Å². The Kier molecular flexibility index (Phi) is 5.38. The summed E-state index contributed by atoms with van der Waals surface area (Å²) in [6.45, 7) is 0. The summed E-state index contributed by atoms with van der Waals surface area (Å²) in [5.74, 6) is 1.43. The summed E-state index contributed by atoms with van der Waals surface area (Å²) >= 11 is 7.24. The van der Waals surface area contributed by atoms with Gasteiger partial charge in [0.05, 0.1) is 16.3 Å². The molecule has 0 spiro atoms. The molecule has 1 saturated carbocycles. The Morgan fingerprint density at radius 3 is 2.96 bits per heavy atom. The number of nitrogens with zero attached hydrogens (tertiary/aromatic N) is 3. The molecule has 1 heterocycles. The number of aromatic nitrogens is 3. The van der Waals surface area contributed by atoms with E-state index in [9.17, 15) is 4.79 Å². The number of hydrogen-bond donors (Lipinski definition) is 2. The van der Waals surface area contributed by atoms with Crippen molar-refractivity contribution in [1.29, 1.82) is 5.26 Å². The zero-order valence-corrected chi connectivity index (χ0v) is 14.5. The zero-order chi connectivity index (χ0) is 16.9. The van der Waals surface area contributed by atoms with Crippen LogP contribution >= 0.6 is 23.4 Å². The van der Waals surface area contributed by atoms with E-state index in [1.54, 1.807) is 18.2 Å². The Labute approximate surface area is 149 Å². The first-order chi connectivity index (χ1) is 11.7. The minimum Gasteiger partial charge on any atom is -0.325 e. The van der Waals surface area contributed by atoms with Crippen molar-refractivity contribution in [3.05, 3.63) is 34.6 Å². The quantitative estimate of drug-likeness (QED) is 0.791. The van der Waals surface area contributed by atoms with E-state index >= 15 is 0 Å². The fourth-order valence-corrected chi connectivity index (χ4v) is 3.54. The van der Waals surface area contributed by atoms with Gasteiger partial charge in [0.1, 0.15) is 11.9 Å². The molecule has 24 heavy (non-hydrogen) atoms. The van der Waals surface area contributed by atoms with Crippen LogP contribution in [-0.2, 0) is 4.79 Å². The maximum absolute atomic E-state index is 12.0. The number of H-pyrrole nitrogens is 1. The molecular weight excluding hydrogens is 346 g/mol. The standard InChI is InChI=1S/C16H16ClN5OS/c17-13-7-12(6-5-11(13)8-18)19-14(23)9-24-16-20-15(21-22-16)10-3-1-2-4-10/h5-7,10H,1-4,9H2,(H,19,23)(H,20,21,22). The van der Waals surface area contributed by atoms with E-state index in [0.717, 1.165) is 18.7 Å². The van der Waals surface area contributed by atoms with Crippen molar-refractivity contribution in [3.8, 4) is 6.07 Å². The van der Waals surface area contributed by atoms with Gasteiger partial charge in [-0.15, -0.1) is 5.10 Å². The first-order valence-electron chi connectivity index (χ1n) is 7.70. The van der Waals surface area contributed by atoms with Crippen LogP contribution in [0.2, 0.25) is 5.02 Å². The maximum Gasteiger partial charge on any atom is 0.234 e. The van der Waals surface area contributed by atoms with Crippen LogP contribution in [0.1, 0.15) is 43.0 Å². The van der Waals surface area contributed by atoms with Gasteiger partial charge in [-0.2, -0.15) is 5.26 Å². The summed E-state index contributed by atoms with van der Waals surface area (Å²) in [5.41, 5.74) is 0.940. The second kappa shape index (κ2) is 7.69. The van der Waals surface area contributed by atoms with Crippen molar-refractivity contribution >= 4 is 35.0 Å². The number of carbonyl (C=O) groups is 1. The van der Waals surface area contributed by atoms with Gasteiger partial charge in [0.15, 0.2) is 0 Å². The first-order valence-corrected chi connectivity index (χ1v) is 9.06. The summed E-state index contributed by atoms with van der Waals surface area (Å²) in [5, 5.41) is 19.6. The molecule has 0 bridgehead atoms. The number of halogens is 1. The molecule has 1 aliphatic rings. The first kappa shape index (κ1) is 16.8. The molecule has 3 rings (SSSR count). The number of hydrogen-bond acceptors (Lipinski definition) is 5. The van der Waals surface area contributed by atoms with E-state index in [1.807, 2.05) is 6.07 Å². The largest absolute Gasteiger partial charge is 0.325 e. The van der Waals surface area contributed by atoms with Gasteiger partial charge in [-0.1, -0.05) is 36.2 Å². The highest BCUT2D eigenvalue weighted by atomic mass is 35.5. The number of aromatic amines is 1. The van der Waals surface area contributed by atoms with E-state index in [4.69, 9.17) is 16.9 Å². The van der Waals surface area contributed by atoms with Crippen LogP contribution in [0.4, 0.5) is 5.69 Å². The summed E-state index contributed by atoms with van der Waals surface area (Å²) < 4.78 is 0. The van der Waals surface area contributed by atoms with Gasteiger partial charge in [-0.05, 0) is 31.0 Å². The monoisotopic (exact) mass is 361 g/mol. The van der Waals surface area contributed by atoms with Crippen LogP contribution in [0, 0.1) is 11.3 Å². The number of benzene rings is 1. The van der Waals surface area contributed by atoms with Gasteiger partial charge in [0, 0.05) is 11.6 Å². The van der Waals surface area contributed by atoms with Gasteiger partial charge >= 0.3 is 0 Å². The molecule has 1 aromatic carbocycles. The third-order valence-electron chi connectivity index (χ3n) is 3.93. The van der Waals surface area contributed by atoms with Gasteiger partial charge in [0.25, 0.3) is 0 Å². The maximum atomic E-state index is 12.0. The lowest BCUT2D eigenvalue weighted by Gasteiger charge is -2.05. The fourth-order valence-electron chi connectivity index (χ4n) is 2.72. The Morgan fingerprint density at radius 2 is 2.25 bits per heavy atom. The minimum atomic E-state index is -0.173. The van der Waals surface area contributed by atoms with Crippen molar-refractivity contribution in [2.75, 3.05) is 11.1 Å². The van der Waals surface area contributed by atoms with Crippen LogP contribution in [0.5, 0.6) is 0 Å². The number of carbonyl (C=O) groups excluding carboxylic acids is 1. The molecule has 1 aliphatic carbocycles. The molecule has 2 N–H and O–H groups in total. The molecule has 0 radical (unpaired) electrons. The van der Waals surface area contributed by atoms with Crippen molar-refractivity contribution < 1.29 is 4.79 Å². The van der Waals surface area contributed by atoms with E-state index < -0.39 is 0 Å². The SMILES string of the molecule is N#Cc1ccc(NC(=O)CSc2n[nH]c(C3CCCC3)n2)cc1Cl. The van der Waals surface area contributed by atoms with Crippen LogP contribution in [0.15, 0.2) is 23.4 Å². The van der Waals surface area contributed by atoms with Crippen LogP contribution in [0.25, 0.3) is 0 Å². The second-order valence-electron chi connectivity index (χ2n) is 5.63. The number of rotatable bonds is 5. The van der Waals surface area contributed by atoms with Crippen molar-refractivity contribution in [2.45, 2.75) is 36.8 Å². The van der Waals surface area contributed by atoms with Crippen molar-refractivity contribution in [2.24, 2.45) is 0 Å². The highest BCUT2D eigenvalue weighted by Crippen LogP contribution is 2.32. The summed E-state index contributed by atoms with van der Waals surface area (Å²) in [7, 11) is 0. The van der Waals surface area contributed by atoms with Crippen LogP contribution in [0.3, 0.4) is 0 Å². The minimum absolute atomic E-state index is 0.173. The number of nitrogens with one attached hydrogen (secondary N) is 2. The van der Waals surface area contributed by atoms with Gasteiger partial charge in [-0.25, -0.2) is 4.98 Å². The second-order valence-corrected chi connectivity index (χ2v) is 6.98. The highest BCUT2D eigenvalue weighted by molar-refractivity contribution is 7.99. The Bertz CT molecular complexity index is 779. The van der Waals surface area contributed by atoms with E-state index in [-0.39, 0.29) is 11.7 Å². The molecule has 0 aliphatic heterocycles. The predicted octanol–water partition coefficient (Wildman–Crippen LogP) is 3.72. The lowest BCUT2D eigenvalue weighted by atomic mass is 10.1. The van der Waals surface area contributed by atoms with Crippen molar-refractivity contribution in [3.63, 3.8) is 0 Å². The summed E-state index contributed by atoms with van der Waals surface area (Å²) in [4.78, 5) is 16.5. The molecule has 0 unspecified atom stereocenters. The molecule has 0 atom stereocenters. The number of anilines is 1. The molecular formula is C16H16ClN5OS. The zero-order valence-electron chi connectivity index (χ0n) is 12.9. The molecule has 1 aromatic heterocycles. The molecule has 1 fully saturated rings. The Morgan fingerprint density at radius 1 is 1.46 bits per heavy atom. The van der Waals surface area contributed by atoms with Crippen LogP contribution in [-0.4, -0.2) is 26.8 Å². The lowest BCUT2D eigenvalue weighted by Crippen LogP contribution is -2.14. The summed E-state index contributed by atoms with van der Waals surface area (Å²) in [6.07, 6.45) is 4.78. The number of thioether (sulfide) groups is 1. The average Bonchev–Trinajstić information content (AvgIpc) is 3.24. The molecule has 8 heteroatoms. The molecule has 2 aromatic rings. The fraction of sp³-hybridized carbons (Fsp3) is 0.375. The third kappa shape index (κ3) is 4.08.